The topological polar surface area (TPSA) is 64.9 Å². The summed E-state index contributed by atoms with van der Waals surface area (Å²) in [5.74, 6) is 0. The summed E-state index contributed by atoms with van der Waals surface area (Å²) < 4.78 is 6.65. The van der Waals surface area contributed by atoms with Crippen LogP contribution in [0.15, 0.2) is 28.3 Å². The van der Waals surface area contributed by atoms with Gasteiger partial charge >= 0.3 is 0 Å². The second-order valence-corrected chi connectivity index (χ2v) is 5.55. The molecule has 1 aromatic heterocycles. The molecule has 0 amide bonds. The molecule has 1 N–H and O–H groups in total. The summed E-state index contributed by atoms with van der Waals surface area (Å²) in [6, 6.07) is 5.80. The van der Waals surface area contributed by atoms with Crippen LogP contribution in [0.1, 0.15) is 5.56 Å². The number of benzene rings is 1. The average Bonchev–Trinajstić information content (AvgIpc) is 2.83. The molecule has 0 fully saturated rings. The Kier molecular flexibility index (Phi) is 5.78. The molecule has 0 saturated carbocycles. The molecule has 1 aromatic carbocycles. The molecule has 0 aliphatic rings. The van der Waals surface area contributed by atoms with Crippen LogP contribution in [0, 0.1) is 0 Å². The Bertz CT molecular complexity index is 563. The number of rotatable bonds is 7. The molecule has 20 heavy (non-hydrogen) atoms. The number of ether oxygens (including phenoxy) is 1. The molecule has 0 bridgehead atoms. The van der Waals surface area contributed by atoms with Crippen molar-refractivity contribution in [1.82, 2.24) is 25.5 Å². The second-order valence-electron chi connectivity index (χ2n) is 4.11. The van der Waals surface area contributed by atoms with Crippen molar-refractivity contribution in [3.63, 3.8) is 0 Å². The van der Waals surface area contributed by atoms with Crippen LogP contribution in [0.5, 0.6) is 0 Å². The van der Waals surface area contributed by atoms with Gasteiger partial charge in [-0.15, -0.1) is 5.10 Å². The van der Waals surface area contributed by atoms with Crippen LogP contribution >= 0.6 is 23.4 Å². The minimum atomic E-state index is 0.677. The van der Waals surface area contributed by atoms with E-state index in [1.54, 1.807) is 11.8 Å². The van der Waals surface area contributed by atoms with Crippen molar-refractivity contribution in [3.8, 4) is 0 Å². The summed E-state index contributed by atoms with van der Waals surface area (Å²) in [6.45, 7) is 2.19. The summed E-state index contributed by atoms with van der Waals surface area (Å²) in [5.41, 5.74) is 1.11. The van der Waals surface area contributed by atoms with E-state index in [9.17, 15) is 0 Å². The molecule has 8 heteroatoms. The molecule has 0 unspecified atom stereocenters. The Morgan fingerprint density at radius 3 is 3.00 bits per heavy atom. The molecule has 108 valence electrons. The van der Waals surface area contributed by atoms with Gasteiger partial charge < -0.3 is 10.1 Å². The maximum Gasteiger partial charge on any atom is 0.213 e. The Hall–Kier alpha value is -1.15. The smallest absolute Gasteiger partial charge is 0.213 e. The molecule has 0 aliphatic carbocycles. The van der Waals surface area contributed by atoms with Gasteiger partial charge in [-0.05, 0) is 46.0 Å². The molecular weight excluding hydrogens is 298 g/mol. The highest BCUT2D eigenvalue weighted by Gasteiger charge is 2.09. The zero-order valence-electron chi connectivity index (χ0n) is 11.3. The number of halogens is 1. The van der Waals surface area contributed by atoms with E-state index < -0.39 is 0 Å². The highest BCUT2D eigenvalue weighted by atomic mass is 35.5. The number of hydrogen-bond acceptors (Lipinski definition) is 6. The molecule has 0 radical (unpaired) electrons. The fourth-order valence-corrected chi connectivity index (χ4v) is 2.62. The summed E-state index contributed by atoms with van der Waals surface area (Å²) in [6.07, 6.45) is 0. The van der Waals surface area contributed by atoms with E-state index >= 15 is 0 Å². The molecule has 0 spiro atoms. The van der Waals surface area contributed by atoms with Gasteiger partial charge in [0, 0.05) is 37.2 Å². The lowest BCUT2D eigenvalue weighted by Crippen LogP contribution is -2.18. The van der Waals surface area contributed by atoms with Crippen molar-refractivity contribution in [2.45, 2.75) is 16.6 Å². The number of hydrogen-bond donors (Lipinski definition) is 1. The van der Waals surface area contributed by atoms with Gasteiger partial charge in [-0.25, -0.2) is 4.68 Å². The normalized spacial score (nSPS) is 10.9. The highest BCUT2D eigenvalue weighted by molar-refractivity contribution is 7.99. The van der Waals surface area contributed by atoms with Crippen molar-refractivity contribution in [2.24, 2.45) is 7.05 Å². The molecule has 6 nitrogen and oxygen atoms in total. The minimum Gasteiger partial charge on any atom is -0.383 e. The zero-order valence-corrected chi connectivity index (χ0v) is 12.9. The SMILES string of the molecule is COCCNCc1cc(Cl)ccc1Sc1nnnn1C. The lowest BCUT2D eigenvalue weighted by molar-refractivity contribution is 0.199. The largest absolute Gasteiger partial charge is 0.383 e. The Morgan fingerprint density at radius 1 is 1.45 bits per heavy atom. The van der Waals surface area contributed by atoms with Crippen LogP contribution in [-0.2, 0) is 18.3 Å². The number of aryl methyl sites for hydroxylation is 1. The van der Waals surface area contributed by atoms with Crippen LogP contribution < -0.4 is 5.32 Å². The van der Waals surface area contributed by atoms with E-state index in [2.05, 4.69) is 20.8 Å². The van der Waals surface area contributed by atoms with E-state index in [0.29, 0.717) is 11.6 Å². The van der Waals surface area contributed by atoms with Crippen LogP contribution in [0.3, 0.4) is 0 Å². The Morgan fingerprint density at radius 2 is 2.30 bits per heavy atom. The second kappa shape index (κ2) is 7.58. The summed E-state index contributed by atoms with van der Waals surface area (Å²) in [5, 5.41) is 16.2. The van der Waals surface area contributed by atoms with Gasteiger partial charge in [0.25, 0.3) is 0 Å². The molecule has 2 aromatic rings. The summed E-state index contributed by atoms with van der Waals surface area (Å²) >= 11 is 7.58. The van der Waals surface area contributed by atoms with E-state index in [0.717, 1.165) is 28.7 Å². The number of nitrogens with one attached hydrogen (secondary N) is 1. The number of methoxy groups -OCH3 is 1. The third kappa shape index (κ3) is 4.17. The van der Waals surface area contributed by atoms with Crippen molar-refractivity contribution in [1.29, 1.82) is 0 Å². The number of aromatic nitrogens is 4. The molecule has 0 aliphatic heterocycles. The van der Waals surface area contributed by atoms with Crippen LogP contribution in [0.4, 0.5) is 0 Å². The fourth-order valence-electron chi connectivity index (χ4n) is 1.59. The Labute approximate surface area is 126 Å². The van der Waals surface area contributed by atoms with Gasteiger partial charge in [-0.2, -0.15) is 0 Å². The van der Waals surface area contributed by atoms with E-state index in [4.69, 9.17) is 16.3 Å². The average molecular weight is 314 g/mol. The maximum absolute atomic E-state index is 6.06. The van der Waals surface area contributed by atoms with Crippen LogP contribution in [0.25, 0.3) is 0 Å². The van der Waals surface area contributed by atoms with E-state index in [1.807, 2.05) is 25.2 Å². The van der Waals surface area contributed by atoms with Crippen molar-refractivity contribution < 1.29 is 4.74 Å². The molecule has 2 rings (SSSR count). The van der Waals surface area contributed by atoms with Gasteiger partial charge in [-0.3, -0.25) is 0 Å². The van der Waals surface area contributed by atoms with Gasteiger partial charge in [0.2, 0.25) is 5.16 Å². The van der Waals surface area contributed by atoms with Crippen molar-refractivity contribution in [2.75, 3.05) is 20.3 Å². The molecule has 1 heterocycles. The summed E-state index contributed by atoms with van der Waals surface area (Å²) in [4.78, 5) is 1.08. The number of tetrazole rings is 1. The van der Waals surface area contributed by atoms with E-state index in [1.165, 1.54) is 11.8 Å². The monoisotopic (exact) mass is 313 g/mol. The Balaban J connectivity index is 2.09. The minimum absolute atomic E-state index is 0.677. The lowest BCUT2D eigenvalue weighted by atomic mass is 10.2. The quantitative estimate of drug-likeness (QED) is 0.786. The molecular formula is C12H16ClN5OS. The first-order chi connectivity index (χ1) is 9.70. The fraction of sp³-hybridized carbons (Fsp3) is 0.417. The summed E-state index contributed by atoms with van der Waals surface area (Å²) in [7, 11) is 3.50. The van der Waals surface area contributed by atoms with Gasteiger partial charge in [-0.1, -0.05) is 11.6 Å². The third-order valence-electron chi connectivity index (χ3n) is 2.60. The molecule has 0 atom stereocenters. The lowest BCUT2D eigenvalue weighted by Gasteiger charge is -2.10. The number of nitrogens with zero attached hydrogens (tertiary/aromatic N) is 4. The predicted octanol–water partition coefficient (Wildman–Crippen LogP) is 1.75. The standard InChI is InChI=1S/C12H16ClN5OS/c1-18-12(15-16-17-18)20-11-4-3-10(13)7-9(11)8-14-5-6-19-2/h3-4,7,14H,5-6,8H2,1-2H3. The van der Waals surface area contributed by atoms with Crippen molar-refractivity contribution in [3.05, 3.63) is 28.8 Å². The maximum atomic E-state index is 6.06. The van der Waals surface area contributed by atoms with E-state index in [-0.39, 0.29) is 0 Å². The third-order valence-corrected chi connectivity index (χ3v) is 3.99. The van der Waals surface area contributed by atoms with Crippen LogP contribution in [-0.4, -0.2) is 40.5 Å². The molecule has 0 saturated heterocycles. The van der Waals surface area contributed by atoms with Gasteiger partial charge in [0.1, 0.15) is 0 Å². The highest BCUT2D eigenvalue weighted by Crippen LogP contribution is 2.30. The first-order valence-electron chi connectivity index (χ1n) is 6.09. The van der Waals surface area contributed by atoms with Gasteiger partial charge in [0.05, 0.1) is 6.61 Å². The predicted molar refractivity (Wildman–Crippen MR) is 78.0 cm³/mol. The first kappa shape index (κ1) is 15.2. The zero-order chi connectivity index (χ0) is 14.4. The van der Waals surface area contributed by atoms with Gasteiger partial charge in [0.15, 0.2) is 0 Å². The first-order valence-corrected chi connectivity index (χ1v) is 7.28. The van der Waals surface area contributed by atoms with Crippen LogP contribution in [0.2, 0.25) is 5.02 Å². The van der Waals surface area contributed by atoms with Crippen molar-refractivity contribution >= 4 is 23.4 Å².